The van der Waals surface area contributed by atoms with Crippen LogP contribution in [0.15, 0.2) is 35.4 Å². The van der Waals surface area contributed by atoms with Crippen molar-refractivity contribution in [3.63, 3.8) is 0 Å². The summed E-state index contributed by atoms with van der Waals surface area (Å²) in [6.45, 7) is 2.41. The van der Waals surface area contributed by atoms with Gasteiger partial charge < -0.3 is 4.90 Å². The molecule has 0 saturated carbocycles. The number of piperidine rings is 1. The number of aromatic nitrogens is 5. The summed E-state index contributed by atoms with van der Waals surface area (Å²) >= 11 is 0. The van der Waals surface area contributed by atoms with Gasteiger partial charge in [0.1, 0.15) is 11.4 Å². The maximum Gasteiger partial charge on any atom is 0.286 e. The quantitative estimate of drug-likeness (QED) is 0.759. The largest absolute Gasteiger partial charge is 0.335 e. The highest BCUT2D eigenvalue weighted by molar-refractivity contribution is 5.94. The summed E-state index contributed by atoms with van der Waals surface area (Å²) in [5.74, 6) is 0.606. The van der Waals surface area contributed by atoms with Gasteiger partial charge in [-0.05, 0) is 51.2 Å². The summed E-state index contributed by atoms with van der Waals surface area (Å²) in [6, 6.07) is 5.98. The molecule has 0 bridgehead atoms. The van der Waals surface area contributed by atoms with Crippen molar-refractivity contribution in [3.05, 3.63) is 58.0 Å². The van der Waals surface area contributed by atoms with Gasteiger partial charge in [-0.3, -0.25) is 19.7 Å². The van der Waals surface area contributed by atoms with Gasteiger partial charge in [-0.2, -0.15) is 9.50 Å². The van der Waals surface area contributed by atoms with Gasteiger partial charge in [-0.15, -0.1) is 0 Å². The van der Waals surface area contributed by atoms with Gasteiger partial charge >= 0.3 is 0 Å². The molecule has 140 valence electrons. The van der Waals surface area contributed by atoms with Crippen LogP contribution in [0.25, 0.3) is 5.78 Å². The molecule has 8 heteroatoms. The van der Waals surface area contributed by atoms with Crippen LogP contribution in [0.5, 0.6) is 0 Å². The molecule has 0 aromatic carbocycles. The molecular weight excluding hydrogens is 344 g/mol. The second-order valence-corrected chi connectivity index (χ2v) is 6.93. The zero-order valence-corrected chi connectivity index (χ0v) is 15.3. The van der Waals surface area contributed by atoms with Gasteiger partial charge in [0.25, 0.3) is 17.2 Å². The highest BCUT2D eigenvalue weighted by Gasteiger charge is 2.29. The molecular formula is C19H22N6O2. The van der Waals surface area contributed by atoms with E-state index in [4.69, 9.17) is 0 Å². The Hall–Kier alpha value is -3.03. The van der Waals surface area contributed by atoms with Crippen molar-refractivity contribution in [2.24, 2.45) is 0 Å². The van der Waals surface area contributed by atoms with E-state index in [0.29, 0.717) is 12.4 Å². The van der Waals surface area contributed by atoms with Crippen molar-refractivity contribution < 1.29 is 4.79 Å². The van der Waals surface area contributed by atoms with Gasteiger partial charge in [-0.1, -0.05) is 6.07 Å². The van der Waals surface area contributed by atoms with E-state index in [1.54, 1.807) is 13.1 Å². The molecule has 3 aromatic rings. The molecule has 27 heavy (non-hydrogen) atoms. The number of aromatic amines is 1. The van der Waals surface area contributed by atoms with Crippen molar-refractivity contribution in [3.8, 4) is 0 Å². The smallest absolute Gasteiger partial charge is 0.286 e. The minimum absolute atomic E-state index is 0.0842. The summed E-state index contributed by atoms with van der Waals surface area (Å²) in [7, 11) is 0. The van der Waals surface area contributed by atoms with Gasteiger partial charge in [0.05, 0.1) is 0 Å². The molecule has 4 rings (SSSR count). The number of nitrogens with zero attached hydrogens (tertiary/aromatic N) is 5. The first-order chi connectivity index (χ1) is 13.1. The SMILES string of the molecule is Cc1nc2ncc(C(=O)N3CCCC[C@H]3CCc3ccccn3)c(=O)n2[nH]1. The number of fused-ring (bicyclic) bond motifs is 1. The predicted octanol–water partition coefficient (Wildman–Crippen LogP) is 1.75. The first kappa shape index (κ1) is 17.4. The van der Waals surface area contributed by atoms with Crippen LogP contribution in [0, 0.1) is 6.92 Å². The van der Waals surface area contributed by atoms with Gasteiger partial charge in [0.15, 0.2) is 0 Å². The lowest BCUT2D eigenvalue weighted by molar-refractivity contribution is 0.0599. The lowest BCUT2D eigenvalue weighted by Gasteiger charge is -2.35. The molecule has 0 unspecified atom stereocenters. The zero-order valence-electron chi connectivity index (χ0n) is 15.3. The Balaban J connectivity index is 1.57. The van der Waals surface area contributed by atoms with E-state index >= 15 is 0 Å². The Morgan fingerprint density at radius 3 is 3.00 bits per heavy atom. The Morgan fingerprint density at radius 2 is 2.19 bits per heavy atom. The number of pyridine rings is 1. The Kier molecular flexibility index (Phi) is 4.70. The van der Waals surface area contributed by atoms with Crippen LogP contribution in [0.2, 0.25) is 0 Å². The Morgan fingerprint density at radius 1 is 1.30 bits per heavy atom. The van der Waals surface area contributed by atoms with E-state index < -0.39 is 5.56 Å². The highest BCUT2D eigenvalue weighted by atomic mass is 16.2. The normalized spacial score (nSPS) is 17.4. The van der Waals surface area contributed by atoms with Crippen LogP contribution in [0.4, 0.5) is 0 Å². The number of hydrogen-bond acceptors (Lipinski definition) is 5. The number of aryl methyl sites for hydroxylation is 2. The molecule has 0 aliphatic carbocycles. The molecule has 1 aliphatic heterocycles. The Labute approximate surface area is 156 Å². The predicted molar refractivity (Wildman–Crippen MR) is 99.6 cm³/mol. The number of rotatable bonds is 4. The fourth-order valence-corrected chi connectivity index (χ4v) is 3.69. The van der Waals surface area contributed by atoms with Crippen LogP contribution >= 0.6 is 0 Å². The van der Waals surface area contributed by atoms with E-state index in [-0.39, 0.29) is 23.3 Å². The van der Waals surface area contributed by atoms with E-state index in [1.165, 1.54) is 10.7 Å². The number of nitrogens with one attached hydrogen (secondary N) is 1. The number of likely N-dealkylation sites (tertiary alicyclic amines) is 1. The van der Waals surface area contributed by atoms with Crippen molar-refractivity contribution in [1.29, 1.82) is 0 Å². The van der Waals surface area contributed by atoms with Crippen molar-refractivity contribution in [2.75, 3.05) is 6.54 Å². The lowest BCUT2D eigenvalue weighted by Crippen LogP contribution is -2.46. The summed E-state index contributed by atoms with van der Waals surface area (Å²) < 4.78 is 1.23. The summed E-state index contributed by atoms with van der Waals surface area (Å²) in [5.41, 5.74) is 0.701. The molecule has 4 heterocycles. The molecule has 1 fully saturated rings. The lowest BCUT2D eigenvalue weighted by atomic mass is 9.96. The molecule has 8 nitrogen and oxygen atoms in total. The molecule has 1 aliphatic rings. The number of hydrogen-bond donors (Lipinski definition) is 1. The molecule has 1 atom stereocenters. The second-order valence-electron chi connectivity index (χ2n) is 6.93. The third-order valence-corrected chi connectivity index (χ3v) is 5.06. The average molecular weight is 366 g/mol. The zero-order chi connectivity index (χ0) is 18.8. The highest BCUT2D eigenvalue weighted by Crippen LogP contribution is 2.22. The second kappa shape index (κ2) is 7.30. The maximum absolute atomic E-state index is 13.1. The minimum atomic E-state index is -0.403. The monoisotopic (exact) mass is 366 g/mol. The first-order valence-corrected chi connectivity index (χ1v) is 9.29. The minimum Gasteiger partial charge on any atom is -0.335 e. The van der Waals surface area contributed by atoms with E-state index in [9.17, 15) is 9.59 Å². The number of H-pyrrole nitrogens is 1. The summed E-state index contributed by atoms with van der Waals surface area (Å²) in [4.78, 5) is 40.3. The molecule has 0 spiro atoms. The maximum atomic E-state index is 13.1. The molecule has 1 amide bonds. The fourth-order valence-electron chi connectivity index (χ4n) is 3.69. The number of carbonyl (C=O) groups is 1. The molecule has 1 saturated heterocycles. The average Bonchev–Trinajstić information content (AvgIpc) is 3.09. The van der Waals surface area contributed by atoms with Crippen molar-refractivity contribution in [1.82, 2.24) is 29.5 Å². The summed E-state index contributed by atoms with van der Waals surface area (Å²) in [6.07, 6.45) is 7.77. The van der Waals surface area contributed by atoms with Crippen LogP contribution in [0.1, 0.15) is 47.6 Å². The fraction of sp³-hybridized carbons (Fsp3) is 0.421. The molecule has 1 N–H and O–H groups in total. The van der Waals surface area contributed by atoms with E-state index in [1.807, 2.05) is 23.1 Å². The van der Waals surface area contributed by atoms with Crippen molar-refractivity contribution >= 4 is 11.7 Å². The summed E-state index contributed by atoms with van der Waals surface area (Å²) in [5, 5.41) is 2.83. The van der Waals surface area contributed by atoms with Crippen LogP contribution in [0.3, 0.4) is 0 Å². The van der Waals surface area contributed by atoms with E-state index in [0.717, 1.165) is 37.8 Å². The first-order valence-electron chi connectivity index (χ1n) is 9.29. The van der Waals surface area contributed by atoms with Crippen molar-refractivity contribution in [2.45, 2.75) is 45.1 Å². The third kappa shape index (κ3) is 3.47. The Bertz CT molecular complexity index is 1010. The van der Waals surface area contributed by atoms with Gasteiger partial charge in [-0.25, -0.2) is 4.98 Å². The number of amides is 1. The molecule has 0 radical (unpaired) electrons. The third-order valence-electron chi connectivity index (χ3n) is 5.06. The standard InChI is InChI=1S/C19H22N6O2/c1-13-22-19-21-12-16(18(27)25(19)23-13)17(26)24-11-5-3-7-15(24)9-8-14-6-2-4-10-20-14/h2,4,6,10,12,15H,3,5,7-9,11H2,1H3,(H,21,22,23)/t15-/m0/s1. The van der Waals surface area contributed by atoms with Crippen LogP contribution in [-0.2, 0) is 6.42 Å². The van der Waals surface area contributed by atoms with Gasteiger partial charge in [0, 0.05) is 30.7 Å². The van der Waals surface area contributed by atoms with Crippen LogP contribution < -0.4 is 5.56 Å². The van der Waals surface area contributed by atoms with Gasteiger partial charge in [0.2, 0.25) is 0 Å². The van der Waals surface area contributed by atoms with Crippen LogP contribution in [-0.4, -0.2) is 48.0 Å². The molecule has 3 aromatic heterocycles. The topological polar surface area (TPSA) is 96.2 Å². The van der Waals surface area contributed by atoms with E-state index in [2.05, 4.69) is 20.1 Å². The number of carbonyl (C=O) groups excluding carboxylic acids is 1.